The second-order valence-electron chi connectivity index (χ2n) is 1.66. The van der Waals surface area contributed by atoms with Crippen LogP contribution >= 0.6 is 11.6 Å². The maximum absolute atomic E-state index is 10.7. The van der Waals surface area contributed by atoms with Crippen LogP contribution in [0.3, 0.4) is 0 Å². The van der Waals surface area contributed by atoms with E-state index in [1.54, 1.807) is 7.05 Å². The molecule has 0 atom stereocenters. The summed E-state index contributed by atoms with van der Waals surface area (Å²) in [5.74, 6) is 0.411. The van der Waals surface area contributed by atoms with Crippen LogP contribution in [0.1, 0.15) is 0 Å². The Labute approximate surface area is 62.3 Å². The molecule has 0 saturated carbocycles. The summed E-state index contributed by atoms with van der Waals surface area (Å²) in [6.07, 6.45) is 1.30. The van der Waals surface area contributed by atoms with Crippen LogP contribution in [0.2, 0.25) is 5.02 Å². The van der Waals surface area contributed by atoms with Gasteiger partial charge < -0.3 is 5.32 Å². The molecule has 0 unspecified atom stereocenters. The van der Waals surface area contributed by atoms with Gasteiger partial charge in [0.15, 0.2) is 0 Å². The lowest BCUT2D eigenvalue weighted by Gasteiger charge is -1.95. The van der Waals surface area contributed by atoms with E-state index in [9.17, 15) is 4.79 Å². The number of aromatic nitrogens is 2. The monoisotopic (exact) mass is 159 g/mol. The normalized spacial score (nSPS) is 9.40. The number of H-pyrrole nitrogens is 1. The molecule has 0 spiro atoms. The molecule has 54 valence electrons. The zero-order valence-electron chi connectivity index (χ0n) is 5.31. The standard InChI is InChI=1S/C5H6ClN3O/c1-7-5-8-2-3(6)4(10)9-5/h2H,1H3,(H2,7,8,9,10). The minimum Gasteiger partial charge on any atom is -0.359 e. The van der Waals surface area contributed by atoms with E-state index >= 15 is 0 Å². The second kappa shape index (κ2) is 2.70. The van der Waals surface area contributed by atoms with Crippen molar-refractivity contribution in [3.63, 3.8) is 0 Å². The molecule has 0 radical (unpaired) electrons. The summed E-state index contributed by atoms with van der Waals surface area (Å²) in [5.41, 5.74) is -0.332. The number of hydrogen-bond acceptors (Lipinski definition) is 3. The molecule has 10 heavy (non-hydrogen) atoms. The van der Waals surface area contributed by atoms with E-state index in [1.165, 1.54) is 6.20 Å². The molecule has 1 aromatic heterocycles. The molecule has 1 aromatic rings. The average molecular weight is 160 g/mol. The number of halogens is 1. The highest BCUT2D eigenvalue weighted by molar-refractivity contribution is 6.30. The molecule has 0 saturated heterocycles. The van der Waals surface area contributed by atoms with E-state index in [-0.39, 0.29) is 10.6 Å². The number of aromatic amines is 1. The van der Waals surface area contributed by atoms with Crippen molar-refractivity contribution in [3.8, 4) is 0 Å². The van der Waals surface area contributed by atoms with E-state index in [4.69, 9.17) is 11.6 Å². The molecular formula is C5H6ClN3O. The van der Waals surface area contributed by atoms with Crippen molar-refractivity contribution in [2.24, 2.45) is 0 Å². The van der Waals surface area contributed by atoms with Crippen molar-refractivity contribution in [1.29, 1.82) is 0 Å². The molecular weight excluding hydrogens is 154 g/mol. The van der Waals surface area contributed by atoms with Gasteiger partial charge in [-0.25, -0.2) is 4.98 Å². The van der Waals surface area contributed by atoms with Gasteiger partial charge in [-0.3, -0.25) is 9.78 Å². The second-order valence-corrected chi connectivity index (χ2v) is 2.07. The lowest BCUT2D eigenvalue weighted by Crippen LogP contribution is -2.10. The summed E-state index contributed by atoms with van der Waals surface area (Å²) in [6.45, 7) is 0. The molecule has 5 heteroatoms. The van der Waals surface area contributed by atoms with Crippen molar-refractivity contribution in [2.75, 3.05) is 12.4 Å². The van der Waals surface area contributed by atoms with E-state index < -0.39 is 0 Å². The summed E-state index contributed by atoms with van der Waals surface area (Å²) >= 11 is 5.40. The summed E-state index contributed by atoms with van der Waals surface area (Å²) in [4.78, 5) is 16.9. The number of rotatable bonds is 1. The fraction of sp³-hybridized carbons (Fsp3) is 0.200. The SMILES string of the molecule is CNc1ncc(Cl)c(=O)[nH]1. The fourth-order valence-electron chi connectivity index (χ4n) is 0.506. The Hall–Kier alpha value is -1.03. The van der Waals surface area contributed by atoms with Gasteiger partial charge in [0, 0.05) is 7.05 Å². The topological polar surface area (TPSA) is 57.8 Å². The Bertz CT molecular complexity index is 282. The van der Waals surface area contributed by atoms with Crippen molar-refractivity contribution in [3.05, 3.63) is 21.6 Å². The van der Waals surface area contributed by atoms with Gasteiger partial charge in [-0.15, -0.1) is 0 Å². The van der Waals surface area contributed by atoms with Crippen LogP contribution in [0, 0.1) is 0 Å². The van der Waals surface area contributed by atoms with E-state index in [2.05, 4.69) is 15.3 Å². The van der Waals surface area contributed by atoms with Crippen LogP contribution in [0.25, 0.3) is 0 Å². The van der Waals surface area contributed by atoms with Crippen LogP contribution in [0.15, 0.2) is 11.0 Å². The Morgan fingerprint density at radius 1 is 1.80 bits per heavy atom. The van der Waals surface area contributed by atoms with Crippen LogP contribution < -0.4 is 10.9 Å². The van der Waals surface area contributed by atoms with Gasteiger partial charge in [0.1, 0.15) is 5.02 Å². The molecule has 1 heterocycles. The van der Waals surface area contributed by atoms with Crippen molar-refractivity contribution < 1.29 is 0 Å². The summed E-state index contributed by atoms with van der Waals surface area (Å²) in [7, 11) is 1.66. The van der Waals surface area contributed by atoms with Crippen LogP contribution in [-0.2, 0) is 0 Å². The first-order chi connectivity index (χ1) is 4.74. The summed E-state index contributed by atoms with van der Waals surface area (Å²) in [6, 6.07) is 0. The van der Waals surface area contributed by atoms with Crippen LogP contribution in [0.4, 0.5) is 5.95 Å². The largest absolute Gasteiger partial charge is 0.359 e. The molecule has 2 N–H and O–H groups in total. The van der Waals surface area contributed by atoms with Gasteiger partial charge in [0.25, 0.3) is 5.56 Å². The fourth-order valence-corrected chi connectivity index (χ4v) is 0.602. The molecule has 0 aromatic carbocycles. The third-order valence-corrected chi connectivity index (χ3v) is 1.26. The van der Waals surface area contributed by atoms with Gasteiger partial charge in [-0.05, 0) is 0 Å². The minimum absolute atomic E-state index is 0.0963. The van der Waals surface area contributed by atoms with Gasteiger partial charge >= 0.3 is 0 Å². The number of nitrogens with one attached hydrogen (secondary N) is 2. The molecule has 0 aliphatic heterocycles. The predicted octanol–water partition coefficient (Wildman–Crippen LogP) is 0.465. The Balaban J connectivity index is 3.17. The van der Waals surface area contributed by atoms with Gasteiger partial charge in [0.2, 0.25) is 5.95 Å². The minimum atomic E-state index is -0.332. The quantitative estimate of drug-likeness (QED) is 0.626. The lowest BCUT2D eigenvalue weighted by molar-refractivity contribution is 1.11. The highest BCUT2D eigenvalue weighted by Crippen LogP contribution is 1.97. The first-order valence-electron chi connectivity index (χ1n) is 2.66. The molecule has 0 amide bonds. The molecule has 0 fully saturated rings. The first kappa shape index (κ1) is 7.08. The molecule has 0 bridgehead atoms. The zero-order chi connectivity index (χ0) is 7.56. The van der Waals surface area contributed by atoms with E-state index in [0.717, 1.165) is 0 Å². The van der Waals surface area contributed by atoms with Crippen molar-refractivity contribution in [2.45, 2.75) is 0 Å². The Morgan fingerprint density at radius 2 is 2.50 bits per heavy atom. The maximum Gasteiger partial charge on any atom is 0.271 e. The van der Waals surface area contributed by atoms with Crippen molar-refractivity contribution >= 4 is 17.5 Å². The number of anilines is 1. The zero-order valence-corrected chi connectivity index (χ0v) is 6.07. The third-order valence-electron chi connectivity index (χ3n) is 0.993. The van der Waals surface area contributed by atoms with Crippen LogP contribution in [-0.4, -0.2) is 17.0 Å². The third kappa shape index (κ3) is 1.27. The summed E-state index contributed by atoms with van der Waals surface area (Å²) in [5, 5.41) is 2.77. The highest BCUT2D eigenvalue weighted by atomic mass is 35.5. The number of hydrogen-bond donors (Lipinski definition) is 2. The van der Waals surface area contributed by atoms with Crippen molar-refractivity contribution in [1.82, 2.24) is 9.97 Å². The molecule has 4 nitrogen and oxygen atoms in total. The molecule has 1 rings (SSSR count). The Kier molecular flexibility index (Phi) is 1.91. The Morgan fingerprint density at radius 3 is 3.00 bits per heavy atom. The summed E-state index contributed by atoms with van der Waals surface area (Å²) < 4.78 is 0. The predicted molar refractivity (Wildman–Crippen MR) is 39.4 cm³/mol. The first-order valence-corrected chi connectivity index (χ1v) is 3.04. The maximum atomic E-state index is 10.7. The van der Waals surface area contributed by atoms with Gasteiger partial charge in [0.05, 0.1) is 6.20 Å². The van der Waals surface area contributed by atoms with E-state index in [1.807, 2.05) is 0 Å². The highest BCUT2D eigenvalue weighted by Gasteiger charge is 1.95. The van der Waals surface area contributed by atoms with Crippen LogP contribution in [0.5, 0.6) is 0 Å². The lowest BCUT2D eigenvalue weighted by atomic mass is 10.6. The van der Waals surface area contributed by atoms with Gasteiger partial charge in [-0.2, -0.15) is 0 Å². The molecule has 0 aliphatic carbocycles. The molecule has 0 aliphatic rings. The number of nitrogens with zero attached hydrogens (tertiary/aromatic N) is 1. The average Bonchev–Trinajstić information content (AvgIpc) is 1.95. The van der Waals surface area contributed by atoms with Gasteiger partial charge in [-0.1, -0.05) is 11.6 Å². The smallest absolute Gasteiger partial charge is 0.271 e. The van der Waals surface area contributed by atoms with E-state index in [0.29, 0.717) is 5.95 Å².